The molecule has 5 aromatic rings. The second-order valence-corrected chi connectivity index (χ2v) is 9.76. The molecule has 2 aromatic heterocycles. The van der Waals surface area contributed by atoms with Crippen molar-refractivity contribution in [1.82, 2.24) is 15.2 Å². The molecule has 162 valence electrons. The Bertz CT molecular complexity index is 1420. The maximum atomic E-state index is 13.2. The number of nitrogens with zero attached hydrogens (tertiary/aromatic N) is 3. The van der Waals surface area contributed by atoms with E-state index in [1.54, 1.807) is 11.8 Å². The highest BCUT2D eigenvalue weighted by atomic mass is 32.2. The lowest BCUT2D eigenvalue weighted by Crippen LogP contribution is -2.13. The van der Waals surface area contributed by atoms with Gasteiger partial charge in [-0.15, -0.1) is 10.2 Å². The van der Waals surface area contributed by atoms with Gasteiger partial charge in [0.05, 0.1) is 16.8 Å². The summed E-state index contributed by atoms with van der Waals surface area (Å²) >= 11 is 2.98. The van der Waals surface area contributed by atoms with Gasteiger partial charge >= 0.3 is 0 Å². The topological polar surface area (TPSA) is 67.8 Å². The summed E-state index contributed by atoms with van der Waals surface area (Å²) in [5.74, 6) is 0.684. The van der Waals surface area contributed by atoms with Gasteiger partial charge in [-0.3, -0.25) is 10.1 Å². The standard InChI is InChI=1S/C26H20N4OS2/c1-2-32-26-30-29-25(33-26)28-24(31)21-16-23(27-22-11-7-6-10-20(21)22)19-14-12-18(13-15-19)17-8-4-3-5-9-17/h3-16H,2H2,1H3,(H,28,29,31). The molecule has 0 saturated carbocycles. The number of anilines is 1. The fraction of sp³-hybridized carbons (Fsp3) is 0.0769. The molecule has 0 aliphatic heterocycles. The molecule has 5 nitrogen and oxygen atoms in total. The lowest BCUT2D eigenvalue weighted by molar-refractivity contribution is 0.102. The number of aromatic nitrogens is 3. The monoisotopic (exact) mass is 468 g/mol. The van der Waals surface area contributed by atoms with Crippen molar-refractivity contribution in [3.8, 4) is 22.4 Å². The Morgan fingerprint density at radius 3 is 2.36 bits per heavy atom. The molecule has 0 spiro atoms. The van der Waals surface area contributed by atoms with Gasteiger partial charge in [-0.25, -0.2) is 4.98 Å². The zero-order valence-corrected chi connectivity index (χ0v) is 19.5. The number of para-hydroxylation sites is 1. The van der Waals surface area contributed by atoms with Crippen molar-refractivity contribution >= 4 is 45.0 Å². The van der Waals surface area contributed by atoms with Crippen molar-refractivity contribution in [2.24, 2.45) is 0 Å². The van der Waals surface area contributed by atoms with Crippen LogP contribution in [-0.4, -0.2) is 26.8 Å². The molecule has 0 unspecified atom stereocenters. The van der Waals surface area contributed by atoms with Gasteiger partial charge < -0.3 is 0 Å². The molecular weight excluding hydrogens is 448 g/mol. The fourth-order valence-electron chi connectivity index (χ4n) is 3.58. The van der Waals surface area contributed by atoms with E-state index in [4.69, 9.17) is 4.98 Å². The SMILES string of the molecule is CCSc1nnc(NC(=O)c2cc(-c3ccc(-c4ccccc4)cc3)nc3ccccc23)s1. The molecule has 7 heteroatoms. The molecule has 2 heterocycles. The Kier molecular flexibility index (Phi) is 6.15. The van der Waals surface area contributed by atoms with Gasteiger partial charge in [-0.2, -0.15) is 0 Å². The molecule has 0 bridgehead atoms. The molecular formula is C26H20N4OS2. The number of rotatable bonds is 6. The van der Waals surface area contributed by atoms with Gasteiger partial charge in [0.2, 0.25) is 5.13 Å². The predicted molar refractivity (Wildman–Crippen MR) is 137 cm³/mol. The molecule has 1 N–H and O–H groups in total. The first kappa shape index (κ1) is 21.3. The summed E-state index contributed by atoms with van der Waals surface area (Å²) in [4.78, 5) is 18.0. The van der Waals surface area contributed by atoms with Crippen LogP contribution in [-0.2, 0) is 0 Å². The number of hydrogen-bond acceptors (Lipinski definition) is 6. The summed E-state index contributed by atoms with van der Waals surface area (Å²) in [5.41, 5.74) is 5.32. The maximum Gasteiger partial charge on any atom is 0.258 e. The van der Waals surface area contributed by atoms with E-state index in [0.717, 1.165) is 43.4 Å². The van der Waals surface area contributed by atoms with Crippen LogP contribution in [0.5, 0.6) is 0 Å². The van der Waals surface area contributed by atoms with E-state index in [9.17, 15) is 4.79 Å². The van der Waals surface area contributed by atoms with Crippen molar-refractivity contribution in [2.45, 2.75) is 11.3 Å². The lowest BCUT2D eigenvalue weighted by atomic mass is 10.0. The Labute approximate surface area is 199 Å². The third-order valence-corrected chi connectivity index (χ3v) is 7.00. The van der Waals surface area contributed by atoms with Crippen LogP contribution in [0.4, 0.5) is 5.13 Å². The number of carbonyl (C=O) groups excluding carboxylic acids is 1. The van der Waals surface area contributed by atoms with E-state index in [-0.39, 0.29) is 5.91 Å². The van der Waals surface area contributed by atoms with Crippen molar-refractivity contribution in [3.63, 3.8) is 0 Å². The second-order valence-electron chi connectivity index (χ2n) is 7.28. The predicted octanol–water partition coefficient (Wildman–Crippen LogP) is 6.78. The van der Waals surface area contributed by atoms with Gasteiger partial charge in [0.15, 0.2) is 4.34 Å². The summed E-state index contributed by atoms with van der Waals surface area (Å²) < 4.78 is 0.839. The van der Waals surface area contributed by atoms with E-state index >= 15 is 0 Å². The summed E-state index contributed by atoms with van der Waals surface area (Å²) in [7, 11) is 0. The highest BCUT2D eigenvalue weighted by Gasteiger charge is 2.16. The van der Waals surface area contributed by atoms with Crippen molar-refractivity contribution in [1.29, 1.82) is 0 Å². The maximum absolute atomic E-state index is 13.2. The van der Waals surface area contributed by atoms with Crippen LogP contribution in [0.3, 0.4) is 0 Å². The summed E-state index contributed by atoms with van der Waals surface area (Å²) in [6.45, 7) is 2.06. The number of benzene rings is 3. The molecule has 33 heavy (non-hydrogen) atoms. The Hall–Kier alpha value is -3.55. The summed E-state index contributed by atoms with van der Waals surface area (Å²) in [5, 5.41) is 12.4. The molecule has 0 aliphatic carbocycles. The summed E-state index contributed by atoms with van der Waals surface area (Å²) in [6.07, 6.45) is 0. The van der Waals surface area contributed by atoms with Gasteiger partial charge in [0.1, 0.15) is 0 Å². The van der Waals surface area contributed by atoms with Crippen molar-refractivity contribution < 1.29 is 4.79 Å². The molecule has 5 rings (SSSR count). The van der Waals surface area contributed by atoms with Gasteiger partial charge in [-0.05, 0) is 29.0 Å². The zero-order valence-electron chi connectivity index (χ0n) is 17.9. The lowest BCUT2D eigenvalue weighted by Gasteiger charge is -2.10. The molecule has 1 amide bonds. The van der Waals surface area contributed by atoms with Crippen LogP contribution in [0.25, 0.3) is 33.3 Å². The minimum Gasteiger partial charge on any atom is -0.296 e. The van der Waals surface area contributed by atoms with Gasteiger partial charge in [-0.1, -0.05) is 103 Å². The van der Waals surface area contributed by atoms with E-state index in [1.807, 2.05) is 60.7 Å². The largest absolute Gasteiger partial charge is 0.296 e. The minimum absolute atomic E-state index is 0.222. The fourth-order valence-corrected chi connectivity index (χ4v) is 5.23. The van der Waals surface area contributed by atoms with Crippen molar-refractivity contribution in [3.05, 3.63) is 90.5 Å². The van der Waals surface area contributed by atoms with E-state index < -0.39 is 0 Å². The van der Waals surface area contributed by atoms with E-state index in [0.29, 0.717) is 10.7 Å². The average Bonchev–Trinajstić information content (AvgIpc) is 3.31. The first-order chi connectivity index (χ1) is 16.2. The van der Waals surface area contributed by atoms with Crippen LogP contribution in [0, 0.1) is 0 Å². The van der Waals surface area contributed by atoms with Crippen LogP contribution in [0.1, 0.15) is 17.3 Å². The van der Waals surface area contributed by atoms with Crippen LogP contribution in [0.2, 0.25) is 0 Å². The molecule has 0 fully saturated rings. The smallest absolute Gasteiger partial charge is 0.258 e. The Morgan fingerprint density at radius 2 is 1.58 bits per heavy atom. The Morgan fingerprint density at radius 1 is 0.879 bits per heavy atom. The van der Waals surface area contributed by atoms with Gasteiger partial charge in [0.25, 0.3) is 5.91 Å². The van der Waals surface area contributed by atoms with Crippen LogP contribution < -0.4 is 5.32 Å². The average molecular weight is 469 g/mol. The minimum atomic E-state index is -0.222. The molecule has 0 atom stereocenters. The number of carbonyl (C=O) groups is 1. The highest BCUT2D eigenvalue weighted by Crippen LogP contribution is 2.29. The number of hydrogen-bond donors (Lipinski definition) is 1. The quantitative estimate of drug-likeness (QED) is 0.220. The van der Waals surface area contributed by atoms with E-state index in [1.165, 1.54) is 11.3 Å². The van der Waals surface area contributed by atoms with Crippen LogP contribution >= 0.6 is 23.1 Å². The number of nitrogens with one attached hydrogen (secondary N) is 1. The highest BCUT2D eigenvalue weighted by molar-refractivity contribution is 8.01. The van der Waals surface area contributed by atoms with E-state index in [2.05, 4.69) is 46.7 Å². The molecule has 3 aromatic carbocycles. The second kappa shape index (κ2) is 9.52. The van der Waals surface area contributed by atoms with Crippen LogP contribution in [0.15, 0.2) is 89.3 Å². The zero-order chi connectivity index (χ0) is 22.6. The normalized spacial score (nSPS) is 10.9. The third kappa shape index (κ3) is 4.65. The number of thioether (sulfide) groups is 1. The molecule has 0 saturated heterocycles. The number of amides is 1. The Balaban J connectivity index is 1.50. The first-order valence-electron chi connectivity index (χ1n) is 10.5. The summed E-state index contributed by atoms with van der Waals surface area (Å²) in [6, 6.07) is 28.0. The third-order valence-electron chi connectivity index (χ3n) is 5.14. The molecule has 0 radical (unpaired) electrons. The first-order valence-corrected chi connectivity index (χ1v) is 12.3. The van der Waals surface area contributed by atoms with Crippen molar-refractivity contribution in [2.75, 3.05) is 11.1 Å². The van der Waals surface area contributed by atoms with Gasteiger partial charge in [0, 0.05) is 10.9 Å². The molecule has 0 aliphatic rings. The number of fused-ring (bicyclic) bond motifs is 1. The number of pyridine rings is 1.